The first-order valence-corrected chi connectivity index (χ1v) is 6.35. The van der Waals surface area contributed by atoms with Crippen molar-refractivity contribution in [2.24, 2.45) is 0 Å². The van der Waals surface area contributed by atoms with Crippen LogP contribution in [0.4, 0.5) is 0 Å². The molecule has 0 N–H and O–H groups in total. The topological polar surface area (TPSA) is 0 Å². The molecular formula is C15H12S. The van der Waals surface area contributed by atoms with Gasteiger partial charge in [0, 0.05) is 0 Å². The summed E-state index contributed by atoms with van der Waals surface area (Å²) >= 11 is 1.88. The van der Waals surface area contributed by atoms with E-state index in [2.05, 4.69) is 66.1 Å². The first-order valence-electron chi connectivity index (χ1n) is 5.41. The van der Waals surface area contributed by atoms with Gasteiger partial charge in [0.25, 0.3) is 0 Å². The highest BCUT2D eigenvalue weighted by Gasteiger charge is 2.18. The van der Waals surface area contributed by atoms with E-state index in [9.17, 15) is 0 Å². The van der Waals surface area contributed by atoms with Crippen molar-refractivity contribution in [3.63, 3.8) is 0 Å². The second kappa shape index (κ2) is 4.18. The maximum Gasteiger partial charge on any atom is 0.0593 e. The van der Waals surface area contributed by atoms with Crippen LogP contribution < -0.4 is 0 Å². The highest BCUT2D eigenvalue weighted by Crippen LogP contribution is 2.41. The fourth-order valence-electron chi connectivity index (χ4n) is 2.05. The molecule has 0 spiro atoms. The van der Waals surface area contributed by atoms with Gasteiger partial charge in [0.05, 0.1) is 5.25 Å². The first kappa shape index (κ1) is 9.73. The van der Waals surface area contributed by atoms with E-state index in [1.54, 1.807) is 0 Å². The molecule has 0 aromatic heterocycles. The standard InChI is InChI=1S/C15H12S/c1-2-7-13(8-3-1)15-14-9-5-4-6-12(14)10-11-16-15/h1-11,15H/t15-/m0/s1. The van der Waals surface area contributed by atoms with E-state index in [1.165, 1.54) is 16.7 Å². The Morgan fingerprint density at radius 2 is 1.56 bits per heavy atom. The van der Waals surface area contributed by atoms with Crippen LogP contribution in [0.2, 0.25) is 0 Å². The minimum Gasteiger partial charge on any atom is -0.121 e. The van der Waals surface area contributed by atoms with Crippen molar-refractivity contribution >= 4 is 17.8 Å². The molecule has 0 bridgehead atoms. The average Bonchev–Trinajstić information content (AvgIpc) is 2.39. The third kappa shape index (κ3) is 1.68. The van der Waals surface area contributed by atoms with E-state index in [0.29, 0.717) is 5.25 Å². The molecule has 1 heterocycles. The second-order valence-corrected chi connectivity index (χ2v) is 4.87. The Morgan fingerprint density at radius 1 is 0.812 bits per heavy atom. The minimum absolute atomic E-state index is 0.447. The summed E-state index contributed by atoms with van der Waals surface area (Å²) in [5.74, 6) is 0. The van der Waals surface area contributed by atoms with Gasteiger partial charge in [0.1, 0.15) is 0 Å². The molecule has 3 rings (SSSR count). The average molecular weight is 224 g/mol. The van der Waals surface area contributed by atoms with Crippen molar-refractivity contribution in [1.29, 1.82) is 0 Å². The van der Waals surface area contributed by atoms with E-state index < -0.39 is 0 Å². The van der Waals surface area contributed by atoms with E-state index in [4.69, 9.17) is 0 Å². The van der Waals surface area contributed by atoms with Crippen LogP contribution in [0.1, 0.15) is 21.9 Å². The molecule has 2 aromatic rings. The van der Waals surface area contributed by atoms with Crippen LogP contribution in [-0.4, -0.2) is 0 Å². The van der Waals surface area contributed by atoms with Gasteiger partial charge in [-0.2, -0.15) is 0 Å². The summed E-state index contributed by atoms with van der Waals surface area (Å²) < 4.78 is 0. The van der Waals surface area contributed by atoms with Gasteiger partial charge in [-0.15, -0.1) is 11.8 Å². The molecule has 0 amide bonds. The minimum atomic E-state index is 0.447. The lowest BCUT2D eigenvalue weighted by Crippen LogP contribution is -2.00. The normalized spacial score (nSPS) is 18.1. The summed E-state index contributed by atoms with van der Waals surface area (Å²) in [4.78, 5) is 0. The van der Waals surface area contributed by atoms with Crippen molar-refractivity contribution in [1.82, 2.24) is 0 Å². The van der Waals surface area contributed by atoms with E-state index in [-0.39, 0.29) is 0 Å². The molecule has 78 valence electrons. The van der Waals surface area contributed by atoms with Crippen molar-refractivity contribution in [2.75, 3.05) is 0 Å². The van der Waals surface area contributed by atoms with Crippen LogP contribution in [-0.2, 0) is 0 Å². The van der Waals surface area contributed by atoms with Crippen LogP contribution in [0.5, 0.6) is 0 Å². The zero-order valence-corrected chi connectivity index (χ0v) is 9.65. The van der Waals surface area contributed by atoms with Gasteiger partial charge in [-0.3, -0.25) is 0 Å². The van der Waals surface area contributed by atoms with E-state index in [0.717, 1.165) is 0 Å². The number of thioether (sulfide) groups is 1. The zero-order valence-electron chi connectivity index (χ0n) is 8.84. The molecule has 16 heavy (non-hydrogen) atoms. The molecule has 1 aliphatic rings. The fraction of sp³-hybridized carbons (Fsp3) is 0.0667. The Labute approximate surface area is 100 Å². The zero-order chi connectivity index (χ0) is 10.8. The molecule has 1 aliphatic heterocycles. The molecule has 0 fully saturated rings. The maximum absolute atomic E-state index is 2.23. The van der Waals surface area contributed by atoms with Gasteiger partial charge >= 0.3 is 0 Å². The quantitative estimate of drug-likeness (QED) is 0.687. The highest BCUT2D eigenvalue weighted by atomic mass is 32.2. The second-order valence-electron chi connectivity index (χ2n) is 3.86. The highest BCUT2D eigenvalue weighted by molar-refractivity contribution is 8.02. The largest absolute Gasteiger partial charge is 0.121 e. The smallest absolute Gasteiger partial charge is 0.0593 e. The predicted octanol–water partition coefficient (Wildman–Crippen LogP) is 4.49. The van der Waals surface area contributed by atoms with E-state index in [1.807, 2.05) is 11.8 Å². The molecule has 1 heteroatoms. The van der Waals surface area contributed by atoms with Gasteiger partial charge in [-0.25, -0.2) is 0 Å². The van der Waals surface area contributed by atoms with Gasteiger partial charge in [-0.1, -0.05) is 54.6 Å². The van der Waals surface area contributed by atoms with Crippen molar-refractivity contribution < 1.29 is 0 Å². The predicted molar refractivity (Wildman–Crippen MR) is 71.4 cm³/mol. The molecule has 0 saturated carbocycles. The van der Waals surface area contributed by atoms with Crippen LogP contribution in [0.25, 0.3) is 6.08 Å². The van der Waals surface area contributed by atoms with Crippen LogP contribution in [0.3, 0.4) is 0 Å². The lowest BCUT2D eigenvalue weighted by Gasteiger charge is -2.21. The van der Waals surface area contributed by atoms with Crippen molar-refractivity contribution in [2.45, 2.75) is 5.25 Å². The monoisotopic (exact) mass is 224 g/mol. The number of hydrogen-bond donors (Lipinski definition) is 0. The van der Waals surface area contributed by atoms with Crippen LogP contribution in [0, 0.1) is 0 Å². The number of benzene rings is 2. The summed E-state index contributed by atoms with van der Waals surface area (Å²) in [6.45, 7) is 0. The lowest BCUT2D eigenvalue weighted by atomic mass is 9.99. The Morgan fingerprint density at radius 3 is 2.44 bits per heavy atom. The van der Waals surface area contributed by atoms with Crippen LogP contribution >= 0.6 is 11.8 Å². The van der Waals surface area contributed by atoms with Gasteiger partial charge in [-0.05, 0) is 28.2 Å². The number of rotatable bonds is 1. The Bertz CT molecular complexity index is 514. The summed E-state index contributed by atoms with van der Waals surface area (Å²) in [7, 11) is 0. The molecule has 0 aliphatic carbocycles. The molecule has 0 unspecified atom stereocenters. The molecular weight excluding hydrogens is 212 g/mol. The summed E-state index contributed by atoms with van der Waals surface area (Å²) in [5.41, 5.74) is 4.14. The molecule has 1 atom stereocenters. The fourth-order valence-corrected chi connectivity index (χ4v) is 3.11. The SMILES string of the molecule is C1=Cc2ccccc2[C@H](c2ccccc2)S1. The summed E-state index contributed by atoms with van der Waals surface area (Å²) in [6, 6.07) is 19.3. The number of hydrogen-bond acceptors (Lipinski definition) is 1. The Balaban J connectivity index is 2.09. The Hall–Kier alpha value is -1.47. The van der Waals surface area contributed by atoms with Gasteiger partial charge < -0.3 is 0 Å². The summed E-state index contributed by atoms with van der Waals surface area (Å²) in [6.07, 6.45) is 2.19. The van der Waals surface area contributed by atoms with E-state index >= 15 is 0 Å². The molecule has 0 nitrogen and oxygen atoms in total. The van der Waals surface area contributed by atoms with Crippen molar-refractivity contribution in [3.05, 3.63) is 76.7 Å². The first-order chi connectivity index (χ1) is 7.95. The van der Waals surface area contributed by atoms with Gasteiger partial charge in [0.2, 0.25) is 0 Å². The molecule has 2 aromatic carbocycles. The number of fused-ring (bicyclic) bond motifs is 1. The Kier molecular flexibility index (Phi) is 2.55. The van der Waals surface area contributed by atoms with Crippen molar-refractivity contribution in [3.8, 4) is 0 Å². The van der Waals surface area contributed by atoms with Gasteiger partial charge in [0.15, 0.2) is 0 Å². The third-order valence-corrected chi connectivity index (χ3v) is 3.93. The maximum atomic E-state index is 2.23. The summed E-state index contributed by atoms with van der Waals surface area (Å²) in [5, 5.41) is 2.64. The van der Waals surface area contributed by atoms with Crippen LogP contribution in [0.15, 0.2) is 60.0 Å². The lowest BCUT2D eigenvalue weighted by molar-refractivity contribution is 1.15. The molecule has 0 saturated heterocycles. The third-order valence-electron chi connectivity index (χ3n) is 2.84. The molecule has 0 radical (unpaired) electrons.